The van der Waals surface area contributed by atoms with Crippen LogP contribution in [-0.2, 0) is 11.8 Å². The highest BCUT2D eigenvalue weighted by molar-refractivity contribution is 5.85. The minimum atomic E-state index is -1.60. The maximum Gasteiger partial charge on any atom is 0.300 e. The van der Waals surface area contributed by atoms with Crippen molar-refractivity contribution in [1.82, 2.24) is 9.55 Å². The second-order valence-corrected chi connectivity index (χ2v) is 5.36. The third-order valence-electron chi connectivity index (χ3n) is 3.83. The molecule has 1 aromatic heterocycles. The van der Waals surface area contributed by atoms with Gasteiger partial charge < -0.3 is 40.4 Å². The highest BCUT2D eigenvalue weighted by Gasteiger charge is 2.43. The Morgan fingerprint density at radius 1 is 1.36 bits per heavy atom. The van der Waals surface area contributed by atoms with Crippen LogP contribution >= 0.6 is 0 Å². The van der Waals surface area contributed by atoms with Crippen LogP contribution in [0.4, 0.5) is 5.82 Å². The van der Waals surface area contributed by atoms with Gasteiger partial charge in [-0.3, -0.25) is 9.36 Å². The lowest BCUT2D eigenvalue weighted by Gasteiger charge is -2.40. The first-order valence-electron chi connectivity index (χ1n) is 7.25. The standard InChI is InChI=1S/C13H20N4O8/c1-17-12(22)5(3-14-23)10(16-13(17)24-2)15-11-9(21)8(20)7(19)6(4-18)25-11/h3,6-9,11,15,18-21,23H,4H2,1-2H3. The van der Waals surface area contributed by atoms with Crippen molar-refractivity contribution in [2.75, 3.05) is 19.0 Å². The highest BCUT2D eigenvalue weighted by atomic mass is 16.6. The Bertz CT molecular complexity index is 691. The second-order valence-electron chi connectivity index (χ2n) is 5.36. The van der Waals surface area contributed by atoms with Crippen molar-refractivity contribution in [2.45, 2.75) is 30.6 Å². The fraction of sp³-hybridized carbons (Fsp3) is 0.615. The van der Waals surface area contributed by atoms with Gasteiger partial charge in [-0.15, -0.1) is 0 Å². The Balaban J connectivity index is 2.41. The Labute approximate surface area is 141 Å². The lowest BCUT2D eigenvalue weighted by atomic mass is 9.98. The molecule has 5 unspecified atom stereocenters. The summed E-state index contributed by atoms with van der Waals surface area (Å²) < 4.78 is 11.3. The summed E-state index contributed by atoms with van der Waals surface area (Å²) in [7, 11) is 2.68. The van der Waals surface area contributed by atoms with E-state index in [0.29, 0.717) is 0 Å². The van der Waals surface area contributed by atoms with Crippen LogP contribution in [-0.4, -0.2) is 85.8 Å². The summed E-state index contributed by atoms with van der Waals surface area (Å²) in [4.78, 5) is 16.3. The minimum Gasteiger partial charge on any atom is -0.468 e. The number of anilines is 1. The van der Waals surface area contributed by atoms with Gasteiger partial charge in [0.05, 0.1) is 19.9 Å². The first kappa shape index (κ1) is 19.1. The number of ether oxygens (including phenoxy) is 2. The number of oxime groups is 1. The molecule has 0 radical (unpaired) electrons. The van der Waals surface area contributed by atoms with Crippen LogP contribution in [0.3, 0.4) is 0 Å². The van der Waals surface area contributed by atoms with Crippen molar-refractivity contribution in [1.29, 1.82) is 0 Å². The SMILES string of the molecule is COc1nc(NC2OC(CO)C(O)C(O)C2O)c(C=NO)c(=O)n1C. The number of aromatic nitrogens is 2. The third-order valence-corrected chi connectivity index (χ3v) is 3.83. The Kier molecular flexibility index (Phi) is 5.92. The molecule has 0 saturated carbocycles. The molecule has 2 heterocycles. The van der Waals surface area contributed by atoms with Gasteiger partial charge in [-0.1, -0.05) is 5.16 Å². The average molecular weight is 360 g/mol. The predicted octanol–water partition coefficient (Wildman–Crippen LogP) is -3.19. The first-order chi connectivity index (χ1) is 11.8. The molecule has 0 spiro atoms. The fourth-order valence-electron chi connectivity index (χ4n) is 2.42. The molecule has 1 fully saturated rings. The van der Waals surface area contributed by atoms with E-state index in [1.165, 1.54) is 14.2 Å². The molecule has 6 N–H and O–H groups in total. The van der Waals surface area contributed by atoms with Crippen molar-refractivity contribution in [3.05, 3.63) is 15.9 Å². The Morgan fingerprint density at radius 3 is 2.60 bits per heavy atom. The number of hydrogen-bond acceptors (Lipinski definition) is 11. The van der Waals surface area contributed by atoms with Crippen molar-refractivity contribution in [3.8, 4) is 6.01 Å². The lowest BCUT2D eigenvalue weighted by molar-refractivity contribution is -0.221. The molecule has 2 rings (SSSR count). The van der Waals surface area contributed by atoms with Crippen molar-refractivity contribution in [2.24, 2.45) is 12.2 Å². The van der Waals surface area contributed by atoms with E-state index < -0.39 is 42.8 Å². The molecule has 1 aromatic rings. The summed E-state index contributed by atoms with van der Waals surface area (Å²) in [5.41, 5.74) is -0.778. The number of rotatable bonds is 5. The summed E-state index contributed by atoms with van der Waals surface area (Å²) in [5.74, 6) is -0.151. The maximum absolute atomic E-state index is 12.3. The van der Waals surface area contributed by atoms with Crippen LogP contribution in [0.25, 0.3) is 0 Å². The molecule has 0 amide bonds. The van der Waals surface area contributed by atoms with Gasteiger partial charge in [0, 0.05) is 7.05 Å². The molecule has 1 aliphatic rings. The van der Waals surface area contributed by atoms with Crippen LogP contribution < -0.4 is 15.6 Å². The molecule has 0 aromatic carbocycles. The molecule has 25 heavy (non-hydrogen) atoms. The average Bonchev–Trinajstić information content (AvgIpc) is 2.61. The van der Waals surface area contributed by atoms with E-state index in [-0.39, 0.29) is 17.4 Å². The van der Waals surface area contributed by atoms with E-state index >= 15 is 0 Å². The van der Waals surface area contributed by atoms with Gasteiger partial charge in [-0.2, -0.15) is 4.98 Å². The van der Waals surface area contributed by atoms with Crippen molar-refractivity contribution in [3.63, 3.8) is 0 Å². The first-order valence-corrected chi connectivity index (χ1v) is 7.25. The number of hydrogen-bond donors (Lipinski definition) is 6. The third kappa shape index (κ3) is 3.57. The van der Waals surface area contributed by atoms with E-state index in [9.17, 15) is 25.2 Å². The summed E-state index contributed by atoms with van der Waals surface area (Å²) >= 11 is 0. The van der Waals surface area contributed by atoms with Gasteiger partial charge in [0.2, 0.25) is 0 Å². The number of aliphatic hydroxyl groups is 4. The zero-order valence-corrected chi connectivity index (χ0v) is 13.5. The molecule has 5 atom stereocenters. The van der Waals surface area contributed by atoms with Crippen LogP contribution in [0.5, 0.6) is 6.01 Å². The second kappa shape index (κ2) is 7.76. The summed E-state index contributed by atoms with van der Waals surface area (Å²) in [5, 5.41) is 53.0. The van der Waals surface area contributed by atoms with Gasteiger partial charge in [0.1, 0.15) is 35.8 Å². The van der Waals surface area contributed by atoms with Crippen molar-refractivity contribution < 1.29 is 35.1 Å². The molecule has 1 saturated heterocycles. The zero-order chi connectivity index (χ0) is 18.7. The largest absolute Gasteiger partial charge is 0.468 e. The van der Waals surface area contributed by atoms with Gasteiger partial charge >= 0.3 is 6.01 Å². The van der Waals surface area contributed by atoms with Crippen molar-refractivity contribution >= 4 is 12.0 Å². The summed E-state index contributed by atoms with van der Waals surface area (Å²) in [6.07, 6.45) is -6.34. The number of methoxy groups -OCH3 is 1. The maximum atomic E-state index is 12.3. The van der Waals surface area contributed by atoms with Crippen LogP contribution in [0.1, 0.15) is 5.56 Å². The van der Waals surface area contributed by atoms with E-state index in [1.54, 1.807) is 0 Å². The van der Waals surface area contributed by atoms with E-state index in [0.717, 1.165) is 10.8 Å². The number of aliphatic hydroxyl groups excluding tert-OH is 4. The van der Waals surface area contributed by atoms with Gasteiger partial charge in [0.25, 0.3) is 5.56 Å². The van der Waals surface area contributed by atoms with Gasteiger partial charge in [0.15, 0.2) is 6.23 Å². The molecule has 1 aliphatic heterocycles. The normalized spacial score (nSPS) is 29.8. The Morgan fingerprint density at radius 2 is 2.04 bits per heavy atom. The molecule has 12 heteroatoms. The molecule has 0 aliphatic carbocycles. The molecule has 0 bridgehead atoms. The smallest absolute Gasteiger partial charge is 0.300 e. The molecular formula is C13H20N4O8. The van der Waals surface area contributed by atoms with Crippen LogP contribution in [0, 0.1) is 0 Å². The van der Waals surface area contributed by atoms with Crippen LogP contribution in [0.15, 0.2) is 9.95 Å². The summed E-state index contributed by atoms with van der Waals surface area (Å²) in [6, 6.07) is -0.0767. The quantitative estimate of drug-likeness (QED) is 0.178. The van der Waals surface area contributed by atoms with Crippen LogP contribution in [0.2, 0.25) is 0 Å². The molecule has 140 valence electrons. The monoisotopic (exact) mass is 360 g/mol. The van der Waals surface area contributed by atoms with E-state index in [4.69, 9.17) is 14.7 Å². The topological polar surface area (TPSA) is 179 Å². The predicted molar refractivity (Wildman–Crippen MR) is 82.8 cm³/mol. The lowest BCUT2D eigenvalue weighted by Crippen LogP contribution is -2.60. The Hall–Kier alpha value is -2.25. The summed E-state index contributed by atoms with van der Waals surface area (Å²) in [6.45, 7) is -0.610. The molecular weight excluding hydrogens is 340 g/mol. The highest BCUT2D eigenvalue weighted by Crippen LogP contribution is 2.23. The fourth-order valence-corrected chi connectivity index (χ4v) is 2.42. The number of nitrogens with one attached hydrogen (secondary N) is 1. The van der Waals surface area contributed by atoms with Gasteiger partial charge in [-0.05, 0) is 0 Å². The zero-order valence-electron chi connectivity index (χ0n) is 13.5. The van der Waals surface area contributed by atoms with E-state index in [2.05, 4.69) is 15.5 Å². The molecule has 12 nitrogen and oxygen atoms in total. The van der Waals surface area contributed by atoms with Gasteiger partial charge in [-0.25, -0.2) is 0 Å². The van der Waals surface area contributed by atoms with E-state index in [1.807, 2.05) is 0 Å². The number of nitrogens with zero attached hydrogens (tertiary/aromatic N) is 3. The minimum absolute atomic E-state index is 0.0767.